The van der Waals surface area contributed by atoms with Crippen LogP contribution in [0.3, 0.4) is 0 Å². The van der Waals surface area contributed by atoms with E-state index in [1.54, 1.807) is 6.07 Å². The lowest BCUT2D eigenvalue weighted by Crippen LogP contribution is -2.23. The van der Waals surface area contributed by atoms with Crippen LogP contribution in [-0.2, 0) is 0 Å². The Morgan fingerprint density at radius 1 is 1.43 bits per heavy atom. The van der Waals surface area contributed by atoms with Crippen molar-refractivity contribution >= 4 is 11.5 Å². The summed E-state index contributed by atoms with van der Waals surface area (Å²) < 4.78 is 5.57. The summed E-state index contributed by atoms with van der Waals surface area (Å²) in [6.07, 6.45) is 0.824. The molecule has 7 nitrogen and oxygen atoms in total. The predicted octanol–water partition coefficient (Wildman–Crippen LogP) is 2.24. The molecule has 2 rings (SSSR count). The Hall–Kier alpha value is -2.15. The van der Waals surface area contributed by atoms with Gasteiger partial charge in [0.1, 0.15) is 5.84 Å². The zero-order valence-electron chi connectivity index (χ0n) is 13.6. The molecule has 0 aliphatic carbocycles. The Morgan fingerprint density at radius 2 is 2.09 bits per heavy atom. The molecule has 0 amide bonds. The normalized spacial score (nSPS) is 21.3. The molecule has 3 N–H and O–H groups in total. The number of rotatable bonds is 7. The summed E-state index contributed by atoms with van der Waals surface area (Å²) in [6.45, 7) is 8.11. The third kappa shape index (κ3) is 4.41. The van der Waals surface area contributed by atoms with Crippen molar-refractivity contribution < 1.29 is 9.66 Å². The molecule has 1 aromatic rings. The summed E-state index contributed by atoms with van der Waals surface area (Å²) in [6, 6.07) is 4.35. The zero-order chi connectivity index (χ0) is 17.0. The molecule has 0 spiro atoms. The molecule has 1 aliphatic rings. The lowest BCUT2D eigenvalue weighted by molar-refractivity contribution is -0.385. The summed E-state index contributed by atoms with van der Waals surface area (Å²) in [5.74, 6) is 1.47. The number of ether oxygens (including phenoxy) is 1. The molecular weight excluding hydrogens is 296 g/mol. The molecule has 0 radical (unpaired) electrons. The molecule has 1 aliphatic heterocycles. The van der Waals surface area contributed by atoms with Crippen LogP contribution in [0, 0.1) is 27.4 Å². The van der Waals surface area contributed by atoms with Crippen molar-refractivity contribution in [2.45, 2.75) is 20.3 Å². The summed E-state index contributed by atoms with van der Waals surface area (Å²) in [5, 5.41) is 18.5. The molecule has 7 heteroatoms. The van der Waals surface area contributed by atoms with E-state index in [1.807, 2.05) is 0 Å². The fraction of sp³-hybridized carbons (Fsp3) is 0.562. The van der Waals surface area contributed by atoms with E-state index in [4.69, 9.17) is 15.9 Å². The quantitative estimate of drug-likeness (QED) is 0.263. The van der Waals surface area contributed by atoms with Crippen LogP contribution in [0.4, 0.5) is 5.69 Å². The first-order chi connectivity index (χ1) is 10.9. The van der Waals surface area contributed by atoms with Gasteiger partial charge in [-0.15, -0.1) is 0 Å². The first kappa shape index (κ1) is 17.2. The van der Waals surface area contributed by atoms with Crippen LogP contribution >= 0.6 is 0 Å². The topological polar surface area (TPSA) is 105 Å². The van der Waals surface area contributed by atoms with Crippen molar-refractivity contribution in [2.75, 3.05) is 26.2 Å². The van der Waals surface area contributed by atoms with E-state index >= 15 is 0 Å². The number of likely N-dealkylation sites (tertiary alicyclic amines) is 1. The maximum absolute atomic E-state index is 11.1. The maximum atomic E-state index is 11.1. The molecule has 1 aromatic carbocycles. The molecule has 2 unspecified atom stereocenters. The molecule has 2 atom stereocenters. The van der Waals surface area contributed by atoms with Gasteiger partial charge < -0.3 is 15.4 Å². The predicted molar refractivity (Wildman–Crippen MR) is 89.0 cm³/mol. The Balaban J connectivity index is 1.88. The van der Waals surface area contributed by atoms with E-state index in [0.29, 0.717) is 12.2 Å². The monoisotopic (exact) mass is 320 g/mol. The number of hydrogen-bond acceptors (Lipinski definition) is 5. The number of nitrogen functional groups attached to an aromatic ring is 1. The molecule has 0 bridgehead atoms. The number of amidine groups is 1. The summed E-state index contributed by atoms with van der Waals surface area (Å²) in [4.78, 5) is 13.0. The zero-order valence-corrected chi connectivity index (χ0v) is 13.6. The third-order valence-corrected chi connectivity index (χ3v) is 4.41. The van der Waals surface area contributed by atoms with E-state index < -0.39 is 4.92 Å². The average Bonchev–Trinajstić information content (AvgIpc) is 2.82. The van der Waals surface area contributed by atoms with Gasteiger partial charge in [-0.25, -0.2) is 0 Å². The minimum absolute atomic E-state index is 0.152. The largest absolute Gasteiger partial charge is 0.487 e. The van der Waals surface area contributed by atoms with Gasteiger partial charge in [0, 0.05) is 31.3 Å². The van der Waals surface area contributed by atoms with Crippen molar-refractivity contribution in [1.29, 1.82) is 5.41 Å². The highest BCUT2D eigenvalue weighted by Crippen LogP contribution is 2.28. The van der Waals surface area contributed by atoms with E-state index in [0.717, 1.165) is 37.9 Å². The van der Waals surface area contributed by atoms with Crippen molar-refractivity contribution in [3.8, 4) is 5.75 Å². The van der Waals surface area contributed by atoms with Crippen molar-refractivity contribution in [3.05, 3.63) is 33.9 Å². The minimum Gasteiger partial charge on any atom is -0.487 e. The van der Waals surface area contributed by atoms with E-state index in [1.165, 1.54) is 12.1 Å². The van der Waals surface area contributed by atoms with Gasteiger partial charge in [0.05, 0.1) is 11.5 Å². The van der Waals surface area contributed by atoms with Crippen LogP contribution in [0.5, 0.6) is 5.75 Å². The Labute approximate surface area is 136 Å². The Bertz CT molecular complexity index is 581. The molecule has 1 fully saturated rings. The van der Waals surface area contributed by atoms with Gasteiger partial charge >= 0.3 is 5.69 Å². The van der Waals surface area contributed by atoms with Gasteiger partial charge in [0.25, 0.3) is 0 Å². The molecule has 0 aromatic heterocycles. The third-order valence-electron chi connectivity index (χ3n) is 4.41. The van der Waals surface area contributed by atoms with Crippen LogP contribution in [-0.4, -0.2) is 41.9 Å². The Morgan fingerprint density at radius 3 is 2.65 bits per heavy atom. The van der Waals surface area contributed by atoms with E-state index in [9.17, 15) is 10.1 Å². The van der Waals surface area contributed by atoms with Gasteiger partial charge in [-0.3, -0.25) is 15.5 Å². The van der Waals surface area contributed by atoms with Crippen molar-refractivity contribution in [2.24, 2.45) is 17.6 Å². The second kappa shape index (κ2) is 7.41. The second-order valence-corrected chi connectivity index (χ2v) is 6.27. The molecule has 1 saturated heterocycles. The smallest absolute Gasteiger partial charge is 0.311 e. The summed E-state index contributed by atoms with van der Waals surface area (Å²) >= 11 is 0. The van der Waals surface area contributed by atoms with Crippen LogP contribution in [0.25, 0.3) is 0 Å². The van der Waals surface area contributed by atoms with E-state index in [2.05, 4.69) is 18.7 Å². The molecule has 23 heavy (non-hydrogen) atoms. The van der Waals surface area contributed by atoms with E-state index in [-0.39, 0.29) is 17.3 Å². The average molecular weight is 320 g/mol. The molecule has 126 valence electrons. The van der Waals surface area contributed by atoms with Gasteiger partial charge in [-0.05, 0) is 30.4 Å². The van der Waals surface area contributed by atoms with Gasteiger partial charge in [-0.2, -0.15) is 0 Å². The summed E-state index contributed by atoms with van der Waals surface area (Å²) in [7, 11) is 0. The highest BCUT2D eigenvalue weighted by molar-refractivity contribution is 5.95. The SMILES string of the molecule is CC1CN(CCCOc2ccc(C(=N)N)cc2[N+](=O)[O-])CC1C. The van der Waals surface area contributed by atoms with Crippen LogP contribution in [0.2, 0.25) is 0 Å². The number of nitrogens with two attached hydrogens (primary N) is 1. The number of nitro groups is 1. The minimum atomic E-state index is -0.508. The maximum Gasteiger partial charge on any atom is 0.311 e. The van der Waals surface area contributed by atoms with Crippen LogP contribution < -0.4 is 10.5 Å². The number of nitrogens with one attached hydrogen (secondary N) is 1. The first-order valence-corrected chi connectivity index (χ1v) is 7.86. The lowest BCUT2D eigenvalue weighted by atomic mass is 10.0. The second-order valence-electron chi connectivity index (χ2n) is 6.27. The molecule has 0 saturated carbocycles. The van der Waals surface area contributed by atoms with Crippen LogP contribution in [0.1, 0.15) is 25.8 Å². The lowest BCUT2D eigenvalue weighted by Gasteiger charge is -2.15. The summed E-state index contributed by atoms with van der Waals surface area (Å²) in [5.41, 5.74) is 5.53. The molecule has 1 heterocycles. The van der Waals surface area contributed by atoms with Gasteiger partial charge in [0.15, 0.2) is 5.75 Å². The Kier molecular flexibility index (Phi) is 5.54. The fourth-order valence-corrected chi connectivity index (χ4v) is 2.85. The highest BCUT2D eigenvalue weighted by atomic mass is 16.6. The molecular formula is C16H24N4O3. The number of nitro benzene ring substituents is 1. The van der Waals surface area contributed by atoms with Crippen LogP contribution in [0.15, 0.2) is 18.2 Å². The fourth-order valence-electron chi connectivity index (χ4n) is 2.85. The van der Waals surface area contributed by atoms with Gasteiger partial charge in [-0.1, -0.05) is 13.8 Å². The standard InChI is InChI=1S/C16H24N4O3/c1-11-9-19(10-12(11)2)6-3-7-23-15-5-4-13(16(17)18)8-14(15)20(21)22/h4-5,8,11-12H,3,6-7,9-10H2,1-2H3,(H3,17,18). The van der Waals surface area contributed by atoms with Crippen molar-refractivity contribution in [1.82, 2.24) is 4.90 Å². The number of benzene rings is 1. The van der Waals surface area contributed by atoms with Crippen molar-refractivity contribution in [3.63, 3.8) is 0 Å². The number of hydrogen-bond donors (Lipinski definition) is 2. The number of nitrogens with zero attached hydrogens (tertiary/aromatic N) is 2. The van der Waals surface area contributed by atoms with Gasteiger partial charge in [0.2, 0.25) is 0 Å². The highest BCUT2D eigenvalue weighted by Gasteiger charge is 2.25. The first-order valence-electron chi connectivity index (χ1n) is 7.86.